The maximum absolute atomic E-state index is 13.2. The summed E-state index contributed by atoms with van der Waals surface area (Å²) in [6.07, 6.45) is 1.32. The number of rotatable bonds is 10. The molecule has 178 valence electrons. The normalized spacial score (nSPS) is 12.9. The van der Waals surface area contributed by atoms with E-state index in [4.69, 9.17) is 4.74 Å². The lowest BCUT2D eigenvalue weighted by atomic mass is 9.97. The van der Waals surface area contributed by atoms with Crippen molar-refractivity contribution in [2.75, 3.05) is 52.7 Å². The van der Waals surface area contributed by atoms with Crippen LogP contribution in [0.1, 0.15) is 30.0 Å². The van der Waals surface area contributed by atoms with Gasteiger partial charge in [-0.05, 0) is 43.8 Å². The average Bonchev–Trinajstić information content (AvgIpc) is 2.84. The van der Waals surface area contributed by atoms with E-state index in [9.17, 15) is 9.59 Å². The summed E-state index contributed by atoms with van der Waals surface area (Å²) in [5, 5.41) is 3.37. The van der Waals surface area contributed by atoms with Crippen molar-refractivity contribution < 1.29 is 14.3 Å². The van der Waals surface area contributed by atoms with Crippen LogP contribution in [0.5, 0.6) is 5.75 Å². The van der Waals surface area contributed by atoms with Gasteiger partial charge in [-0.25, -0.2) is 0 Å². The van der Waals surface area contributed by atoms with Crippen LogP contribution in [0, 0.1) is 0 Å². The quantitative estimate of drug-likeness (QED) is 0.600. The van der Waals surface area contributed by atoms with Crippen molar-refractivity contribution in [3.63, 3.8) is 0 Å². The van der Waals surface area contributed by atoms with E-state index in [1.165, 1.54) is 5.56 Å². The van der Waals surface area contributed by atoms with Crippen LogP contribution in [0.4, 0.5) is 5.69 Å². The molecule has 1 heterocycles. The molecule has 0 spiro atoms. The number of amides is 2. The molecule has 0 aliphatic carbocycles. The van der Waals surface area contributed by atoms with Crippen molar-refractivity contribution in [2.24, 2.45) is 0 Å². The molecular formula is C26H36N4O3. The molecule has 2 aromatic carbocycles. The highest BCUT2D eigenvalue weighted by Crippen LogP contribution is 2.26. The van der Waals surface area contributed by atoms with E-state index in [0.29, 0.717) is 26.1 Å². The maximum atomic E-state index is 13.2. The Balaban J connectivity index is 1.69. The first-order valence-electron chi connectivity index (χ1n) is 11.6. The van der Waals surface area contributed by atoms with Gasteiger partial charge in [0, 0.05) is 50.4 Å². The van der Waals surface area contributed by atoms with E-state index in [1.807, 2.05) is 67.2 Å². The molecule has 0 saturated carbocycles. The monoisotopic (exact) mass is 452 g/mol. The molecule has 0 atom stereocenters. The number of likely N-dealkylation sites (N-methyl/N-ethyl adjacent to an activating group) is 1. The molecule has 0 saturated heterocycles. The van der Waals surface area contributed by atoms with E-state index in [2.05, 4.69) is 16.3 Å². The van der Waals surface area contributed by atoms with Crippen molar-refractivity contribution in [2.45, 2.75) is 32.9 Å². The molecular weight excluding hydrogens is 416 g/mol. The Kier molecular flexibility index (Phi) is 8.72. The number of carbonyl (C=O) groups is 2. The zero-order valence-electron chi connectivity index (χ0n) is 20.3. The van der Waals surface area contributed by atoms with Gasteiger partial charge in [0.15, 0.2) is 0 Å². The lowest BCUT2D eigenvalue weighted by Gasteiger charge is -2.30. The molecule has 2 aromatic rings. The van der Waals surface area contributed by atoms with Crippen molar-refractivity contribution in [1.29, 1.82) is 0 Å². The number of methoxy groups -OCH3 is 1. The molecule has 0 bridgehead atoms. The lowest BCUT2D eigenvalue weighted by Crippen LogP contribution is -2.39. The summed E-state index contributed by atoms with van der Waals surface area (Å²) in [4.78, 5) is 31.2. The number of nitrogens with zero attached hydrogens (tertiary/aromatic N) is 3. The third-order valence-electron chi connectivity index (χ3n) is 6.07. The van der Waals surface area contributed by atoms with Gasteiger partial charge in [0.05, 0.1) is 13.7 Å². The van der Waals surface area contributed by atoms with Gasteiger partial charge in [-0.15, -0.1) is 0 Å². The Morgan fingerprint density at radius 1 is 1.09 bits per heavy atom. The lowest BCUT2D eigenvalue weighted by molar-refractivity contribution is -0.132. The Morgan fingerprint density at radius 2 is 1.88 bits per heavy atom. The standard InChI is InChI=1S/C26H36N4O3/c1-5-25(31)29-14-13-22-20(18-29)10-8-11-23(22)27-17-26(32)30(16-15-28(2)3)19-21-9-6-7-12-24(21)33-4/h6-12,27H,5,13-19H2,1-4H3. The molecule has 7 heteroatoms. The predicted octanol–water partition coefficient (Wildman–Crippen LogP) is 2.99. The SMILES string of the molecule is CCC(=O)N1CCc2c(cccc2NCC(=O)N(CCN(C)C)Cc2ccccc2OC)C1. The fraction of sp³-hybridized carbons (Fsp3) is 0.462. The first-order chi connectivity index (χ1) is 15.9. The number of hydrogen-bond acceptors (Lipinski definition) is 5. The second kappa shape index (κ2) is 11.7. The number of anilines is 1. The van der Waals surface area contributed by atoms with Crippen LogP contribution < -0.4 is 10.1 Å². The molecule has 1 aliphatic rings. The fourth-order valence-corrected chi connectivity index (χ4v) is 4.15. The average molecular weight is 453 g/mol. The number of hydrogen-bond donors (Lipinski definition) is 1. The van der Waals surface area contributed by atoms with Crippen LogP contribution in [-0.2, 0) is 29.1 Å². The highest BCUT2D eigenvalue weighted by molar-refractivity contribution is 5.81. The topological polar surface area (TPSA) is 65.1 Å². The molecule has 1 aliphatic heterocycles. The number of ether oxygens (including phenoxy) is 1. The molecule has 2 amide bonds. The zero-order valence-corrected chi connectivity index (χ0v) is 20.3. The predicted molar refractivity (Wildman–Crippen MR) is 131 cm³/mol. The first-order valence-corrected chi connectivity index (χ1v) is 11.6. The second-order valence-corrected chi connectivity index (χ2v) is 8.65. The van der Waals surface area contributed by atoms with Gasteiger partial charge in [-0.3, -0.25) is 9.59 Å². The third-order valence-corrected chi connectivity index (χ3v) is 6.07. The van der Waals surface area contributed by atoms with E-state index >= 15 is 0 Å². The highest BCUT2D eigenvalue weighted by atomic mass is 16.5. The van der Waals surface area contributed by atoms with Crippen molar-refractivity contribution in [1.82, 2.24) is 14.7 Å². The maximum Gasteiger partial charge on any atom is 0.242 e. The number of benzene rings is 2. The Labute approximate surface area is 197 Å². The summed E-state index contributed by atoms with van der Waals surface area (Å²) in [7, 11) is 5.67. The number of nitrogens with one attached hydrogen (secondary N) is 1. The van der Waals surface area contributed by atoms with Crippen LogP contribution in [-0.4, -0.2) is 73.9 Å². The Bertz CT molecular complexity index is 960. The van der Waals surface area contributed by atoms with E-state index in [-0.39, 0.29) is 18.4 Å². The summed E-state index contributed by atoms with van der Waals surface area (Å²) in [5.74, 6) is 1.01. The summed E-state index contributed by atoms with van der Waals surface area (Å²) < 4.78 is 5.48. The molecule has 0 fully saturated rings. The second-order valence-electron chi connectivity index (χ2n) is 8.65. The minimum atomic E-state index is 0.0407. The summed E-state index contributed by atoms with van der Waals surface area (Å²) in [6.45, 7) is 5.38. The molecule has 33 heavy (non-hydrogen) atoms. The summed E-state index contributed by atoms with van der Waals surface area (Å²) in [6, 6.07) is 13.9. The molecule has 0 radical (unpaired) electrons. The van der Waals surface area contributed by atoms with Crippen LogP contribution in [0.2, 0.25) is 0 Å². The van der Waals surface area contributed by atoms with E-state index in [1.54, 1.807) is 7.11 Å². The van der Waals surface area contributed by atoms with Gasteiger partial charge in [-0.2, -0.15) is 0 Å². The van der Waals surface area contributed by atoms with Gasteiger partial charge >= 0.3 is 0 Å². The van der Waals surface area contributed by atoms with Crippen LogP contribution >= 0.6 is 0 Å². The highest BCUT2D eigenvalue weighted by Gasteiger charge is 2.22. The number of para-hydroxylation sites is 1. The molecule has 3 rings (SSSR count). The zero-order chi connectivity index (χ0) is 23.8. The fourth-order valence-electron chi connectivity index (χ4n) is 4.15. The van der Waals surface area contributed by atoms with Crippen molar-refractivity contribution in [3.8, 4) is 5.75 Å². The minimum Gasteiger partial charge on any atom is -0.496 e. The van der Waals surface area contributed by atoms with E-state index < -0.39 is 0 Å². The van der Waals surface area contributed by atoms with Crippen molar-refractivity contribution in [3.05, 3.63) is 59.2 Å². The van der Waals surface area contributed by atoms with E-state index in [0.717, 1.165) is 42.1 Å². The Morgan fingerprint density at radius 3 is 2.61 bits per heavy atom. The van der Waals surface area contributed by atoms with Gasteiger partial charge in [0.25, 0.3) is 0 Å². The van der Waals surface area contributed by atoms with Gasteiger partial charge in [-0.1, -0.05) is 37.3 Å². The smallest absolute Gasteiger partial charge is 0.242 e. The third kappa shape index (κ3) is 6.48. The number of fused-ring (bicyclic) bond motifs is 1. The van der Waals surface area contributed by atoms with Crippen LogP contribution in [0.3, 0.4) is 0 Å². The molecule has 0 unspecified atom stereocenters. The van der Waals surface area contributed by atoms with Gasteiger partial charge < -0.3 is 24.8 Å². The first kappa shape index (κ1) is 24.6. The summed E-state index contributed by atoms with van der Waals surface area (Å²) >= 11 is 0. The Hall–Kier alpha value is -3.06. The van der Waals surface area contributed by atoms with Crippen LogP contribution in [0.15, 0.2) is 42.5 Å². The minimum absolute atomic E-state index is 0.0407. The molecule has 1 N–H and O–H groups in total. The summed E-state index contributed by atoms with van der Waals surface area (Å²) in [5.41, 5.74) is 4.33. The van der Waals surface area contributed by atoms with Crippen LogP contribution in [0.25, 0.3) is 0 Å². The van der Waals surface area contributed by atoms with Crippen molar-refractivity contribution >= 4 is 17.5 Å². The number of carbonyl (C=O) groups excluding carboxylic acids is 2. The van der Waals surface area contributed by atoms with Gasteiger partial charge in [0.1, 0.15) is 5.75 Å². The molecule has 7 nitrogen and oxygen atoms in total. The van der Waals surface area contributed by atoms with Gasteiger partial charge in [0.2, 0.25) is 11.8 Å². The molecule has 0 aromatic heterocycles. The largest absolute Gasteiger partial charge is 0.496 e.